The zero-order valence-corrected chi connectivity index (χ0v) is 11.9. The second kappa shape index (κ2) is 4.80. The number of thioether (sulfide) groups is 1. The number of hydrogen-bond acceptors (Lipinski definition) is 4. The van der Waals surface area contributed by atoms with Crippen molar-refractivity contribution in [2.24, 2.45) is 5.92 Å². The van der Waals surface area contributed by atoms with Crippen LogP contribution in [0.5, 0.6) is 0 Å². The average Bonchev–Trinajstić information content (AvgIpc) is 2.99. The Kier molecular flexibility index (Phi) is 3.45. The highest BCUT2D eigenvalue weighted by molar-refractivity contribution is 7.99. The molecule has 3 saturated heterocycles. The first-order chi connectivity index (χ1) is 8.64. The number of Topliss-reactive ketones (excluding diaryl/α,β-unsaturated/α-hetero) is 1. The molecule has 0 amide bonds. The molecule has 4 heteroatoms. The Morgan fingerprint density at radius 1 is 1.28 bits per heavy atom. The summed E-state index contributed by atoms with van der Waals surface area (Å²) in [6, 6.07) is 0. The van der Waals surface area contributed by atoms with Gasteiger partial charge in [0.05, 0.1) is 5.60 Å². The lowest BCUT2D eigenvalue weighted by Crippen LogP contribution is -2.47. The monoisotopic (exact) mass is 270 g/mol. The van der Waals surface area contributed by atoms with Crippen LogP contribution in [0.3, 0.4) is 0 Å². The molecule has 0 bridgehead atoms. The summed E-state index contributed by atoms with van der Waals surface area (Å²) in [4.78, 5) is 12.7. The van der Waals surface area contributed by atoms with Crippen LogP contribution in [0, 0.1) is 5.92 Å². The number of ketones is 1. The van der Waals surface area contributed by atoms with Gasteiger partial charge in [0.25, 0.3) is 0 Å². The molecule has 1 spiro atoms. The van der Waals surface area contributed by atoms with Crippen LogP contribution in [-0.2, 0) is 14.3 Å². The van der Waals surface area contributed by atoms with Crippen molar-refractivity contribution >= 4 is 17.5 Å². The van der Waals surface area contributed by atoms with E-state index < -0.39 is 5.60 Å². The van der Waals surface area contributed by atoms with Gasteiger partial charge in [0, 0.05) is 24.9 Å². The van der Waals surface area contributed by atoms with Crippen molar-refractivity contribution in [1.29, 1.82) is 0 Å². The molecule has 3 atom stereocenters. The minimum Gasteiger partial charge on any atom is -0.374 e. The zero-order valence-electron chi connectivity index (χ0n) is 11.1. The third-order valence-corrected chi connectivity index (χ3v) is 5.89. The van der Waals surface area contributed by atoms with Crippen molar-refractivity contribution in [2.75, 3.05) is 24.7 Å². The molecular weight excluding hydrogens is 248 g/mol. The first kappa shape index (κ1) is 12.9. The SMILES string of the molecule is CC1(C(=O)C2CCOC3(CCSC3)C2)CCCO1. The van der Waals surface area contributed by atoms with E-state index in [0.717, 1.165) is 51.1 Å². The van der Waals surface area contributed by atoms with Gasteiger partial charge >= 0.3 is 0 Å². The van der Waals surface area contributed by atoms with E-state index >= 15 is 0 Å². The van der Waals surface area contributed by atoms with Crippen LogP contribution < -0.4 is 0 Å². The number of ether oxygens (including phenoxy) is 2. The van der Waals surface area contributed by atoms with Gasteiger partial charge in [-0.2, -0.15) is 11.8 Å². The molecule has 3 aliphatic heterocycles. The molecule has 0 radical (unpaired) electrons. The first-order valence-corrected chi connectivity index (χ1v) is 8.19. The Balaban J connectivity index is 1.70. The molecule has 0 aromatic rings. The maximum absolute atomic E-state index is 12.7. The predicted octanol–water partition coefficient (Wildman–Crippen LogP) is 2.43. The largest absolute Gasteiger partial charge is 0.374 e. The van der Waals surface area contributed by atoms with Crippen molar-refractivity contribution in [2.45, 2.75) is 50.2 Å². The van der Waals surface area contributed by atoms with Gasteiger partial charge in [0.2, 0.25) is 0 Å². The van der Waals surface area contributed by atoms with Crippen molar-refractivity contribution in [3.63, 3.8) is 0 Å². The summed E-state index contributed by atoms with van der Waals surface area (Å²) in [5.74, 6) is 2.73. The quantitative estimate of drug-likeness (QED) is 0.772. The van der Waals surface area contributed by atoms with E-state index in [9.17, 15) is 4.79 Å². The minimum atomic E-state index is -0.505. The summed E-state index contributed by atoms with van der Waals surface area (Å²) in [5, 5.41) is 0. The molecule has 3 unspecified atom stereocenters. The maximum atomic E-state index is 12.7. The number of carbonyl (C=O) groups excluding carboxylic acids is 1. The number of carbonyl (C=O) groups is 1. The van der Waals surface area contributed by atoms with E-state index in [4.69, 9.17) is 9.47 Å². The summed E-state index contributed by atoms with van der Waals surface area (Å²) in [6.45, 7) is 3.47. The standard InChI is InChI=1S/C14H22O3S/c1-13(4-2-6-16-13)12(15)11-3-7-17-14(9-11)5-8-18-10-14/h11H,2-10H2,1H3. The lowest BCUT2D eigenvalue weighted by Gasteiger charge is -2.39. The lowest BCUT2D eigenvalue weighted by molar-refractivity contribution is -0.151. The normalized spacial score (nSPS) is 44.6. The predicted molar refractivity (Wildman–Crippen MR) is 71.9 cm³/mol. The Morgan fingerprint density at radius 3 is 2.83 bits per heavy atom. The van der Waals surface area contributed by atoms with Crippen LogP contribution in [0.25, 0.3) is 0 Å². The summed E-state index contributed by atoms with van der Waals surface area (Å²) in [6.07, 6.45) is 4.82. The fraction of sp³-hybridized carbons (Fsp3) is 0.929. The van der Waals surface area contributed by atoms with Crippen LogP contribution in [0.15, 0.2) is 0 Å². The molecule has 18 heavy (non-hydrogen) atoms. The van der Waals surface area contributed by atoms with E-state index in [1.165, 1.54) is 5.75 Å². The van der Waals surface area contributed by atoms with Crippen molar-refractivity contribution < 1.29 is 14.3 Å². The second-order valence-electron chi connectivity index (χ2n) is 6.07. The Bertz CT molecular complexity index is 330. The highest BCUT2D eigenvalue weighted by atomic mass is 32.2. The lowest BCUT2D eigenvalue weighted by atomic mass is 9.78. The maximum Gasteiger partial charge on any atom is 0.167 e. The van der Waals surface area contributed by atoms with Gasteiger partial charge in [0.15, 0.2) is 5.78 Å². The van der Waals surface area contributed by atoms with Crippen LogP contribution in [0.4, 0.5) is 0 Å². The highest BCUT2D eigenvalue weighted by Gasteiger charge is 2.47. The van der Waals surface area contributed by atoms with Gasteiger partial charge in [-0.1, -0.05) is 0 Å². The van der Waals surface area contributed by atoms with E-state index in [1.54, 1.807) is 0 Å². The number of hydrogen-bond donors (Lipinski definition) is 0. The van der Waals surface area contributed by atoms with Crippen LogP contribution in [0.1, 0.15) is 39.0 Å². The van der Waals surface area contributed by atoms with E-state index in [2.05, 4.69) is 0 Å². The fourth-order valence-corrected chi connectivity index (χ4v) is 4.90. The van der Waals surface area contributed by atoms with Crippen molar-refractivity contribution in [1.82, 2.24) is 0 Å². The second-order valence-corrected chi connectivity index (χ2v) is 7.18. The zero-order chi connectivity index (χ0) is 12.6. The van der Waals surface area contributed by atoms with Gasteiger partial charge in [-0.25, -0.2) is 0 Å². The van der Waals surface area contributed by atoms with E-state index in [1.807, 2.05) is 18.7 Å². The smallest absolute Gasteiger partial charge is 0.167 e. The summed E-state index contributed by atoms with van der Waals surface area (Å²) >= 11 is 1.96. The molecule has 0 aromatic heterocycles. The minimum absolute atomic E-state index is 0.00178. The summed E-state index contributed by atoms with van der Waals surface area (Å²) < 4.78 is 11.7. The molecule has 3 nitrogen and oxygen atoms in total. The Morgan fingerprint density at radius 2 is 2.17 bits per heavy atom. The van der Waals surface area contributed by atoms with Crippen molar-refractivity contribution in [3.8, 4) is 0 Å². The topological polar surface area (TPSA) is 35.5 Å². The van der Waals surface area contributed by atoms with E-state index in [-0.39, 0.29) is 11.5 Å². The van der Waals surface area contributed by atoms with Crippen LogP contribution >= 0.6 is 11.8 Å². The van der Waals surface area contributed by atoms with Crippen LogP contribution in [-0.4, -0.2) is 41.7 Å². The van der Waals surface area contributed by atoms with Gasteiger partial charge in [-0.3, -0.25) is 4.79 Å². The molecule has 0 aromatic carbocycles. The first-order valence-electron chi connectivity index (χ1n) is 7.04. The molecule has 0 saturated carbocycles. The van der Waals surface area contributed by atoms with Gasteiger partial charge in [-0.05, 0) is 44.8 Å². The molecule has 3 rings (SSSR count). The Hall–Kier alpha value is -0.0600. The third kappa shape index (κ3) is 2.23. The molecule has 0 N–H and O–H groups in total. The Labute approximate surface area is 113 Å². The van der Waals surface area contributed by atoms with Gasteiger partial charge in [0.1, 0.15) is 5.60 Å². The van der Waals surface area contributed by atoms with Crippen LogP contribution in [0.2, 0.25) is 0 Å². The summed E-state index contributed by atoms with van der Waals surface area (Å²) in [7, 11) is 0. The molecule has 102 valence electrons. The molecule has 3 fully saturated rings. The molecular formula is C14H22O3S. The van der Waals surface area contributed by atoms with Gasteiger partial charge < -0.3 is 9.47 Å². The van der Waals surface area contributed by atoms with E-state index in [0.29, 0.717) is 5.78 Å². The molecule has 3 heterocycles. The molecule has 0 aliphatic carbocycles. The fourth-order valence-electron chi connectivity index (χ4n) is 3.52. The third-order valence-electron chi connectivity index (χ3n) is 4.67. The number of rotatable bonds is 2. The molecule has 3 aliphatic rings. The average molecular weight is 270 g/mol. The van der Waals surface area contributed by atoms with Crippen molar-refractivity contribution in [3.05, 3.63) is 0 Å². The highest BCUT2D eigenvalue weighted by Crippen LogP contribution is 2.42. The van der Waals surface area contributed by atoms with Gasteiger partial charge in [-0.15, -0.1) is 0 Å². The summed E-state index contributed by atoms with van der Waals surface area (Å²) in [5.41, 5.74) is -0.507.